The molecule has 2 aromatic rings. The lowest BCUT2D eigenvalue weighted by molar-refractivity contribution is -0.134. The van der Waals surface area contributed by atoms with E-state index in [0.717, 1.165) is 5.56 Å². The minimum absolute atomic E-state index is 0.376. The minimum Gasteiger partial charge on any atom is -0.318 e. The van der Waals surface area contributed by atoms with E-state index in [1.807, 2.05) is 32.0 Å². The highest BCUT2D eigenvalue weighted by molar-refractivity contribution is 6.44. The predicted molar refractivity (Wildman–Crippen MR) is 94.3 cm³/mol. The Balaban J connectivity index is 2.18. The standard InChI is InChI=1S/C17H16Cl2N2O2/c1-3-21(15-6-4-5-11(2)7-15)17(23)16(22)20-14-9-12(18)8-13(19)10-14/h4-10H,3H2,1-2H3,(H,20,22). The van der Waals surface area contributed by atoms with E-state index in [4.69, 9.17) is 23.2 Å². The quantitative estimate of drug-likeness (QED) is 0.839. The second kappa shape index (κ2) is 7.49. The third-order valence-corrected chi connectivity index (χ3v) is 3.63. The van der Waals surface area contributed by atoms with Gasteiger partial charge in [-0.05, 0) is 49.7 Å². The molecule has 0 aliphatic carbocycles. The smallest absolute Gasteiger partial charge is 0.316 e. The van der Waals surface area contributed by atoms with Crippen molar-refractivity contribution < 1.29 is 9.59 Å². The highest BCUT2D eigenvalue weighted by Gasteiger charge is 2.22. The second-order valence-corrected chi connectivity index (χ2v) is 5.87. The third-order valence-electron chi connectivity index (χ3n) is 3.19. The van der Waals surface area contributed by atoms with E-state index < -0.39 is 11.8 Å². The van der Waals surface area contributed by atoms with Gasteiger partial charge in [0, 0.05) is 28.0 Å². The third kappa shape index (κ3) is 4.47. The molecular weight excluding hydrogens is 335 g/mol. The van der Waals surface area contributed by atoms with E-state index >= 15 is 0 Å². The number of hydrogen-bond acceptors (Lipinski definition) is 2. The summed E-state index contributed by atoms with van der Waals surface area (Å²) in [6.07, 6.45) is 0. The van der Waals surface area contributed by atoms with Crippen molar-refractivity contribution in [3.05, 3.63) is 58.1 Å². The van der Waals surface area contributed by atoms with Crippen LogP contribution < -0.4 is 10.2 Å². The number of carbonyl (C=O) groups is 2. The van der Waals surface area contributed by atoms with E-state index in [1.54, 1.807) is 12.1 Å². The molecule has 0 saturated carbocycles. The molecule has 1 N–H and O–H groups in total. The monoisotopic (exact) mass is 350 g/mol. The second-order valence-electron chi connectivity index (χ2n) is 5.00. The highest BCUT2D eigenvalue weighted by atomic mass is 35.5. The lowest BCUT2D eigenvalue weighted by Crippen LogP contribution is -2.39. The molecule has 120 valence electrons. The first kappa shape index (κ1) is 17.3. The van der Waals surface area contributed by atoms with Crippen molar-refractivity contribution in [1.82, 2.24) is 0 Å². The maximum absolute atomic E-state index is 12.4. The molecule has 0 radical (unpaired) electrons. The number of nitrogens with one attached hydrogen (secondary N) is 1. The van der Waals surface area contributed by atoms with Crippen LogP contribution >= 0.6 is 23.2 Å². The molecule has 0 aliphatic heterocycles. The Labute approximate surface area is 145 Å². The Kier molecular flexibility index (Phi) is 5.64. The summed E-state index contributed by atoms with van der Waals surface area (Å²) in [5.74, 6) is -1.39. The molecule has 2 rings (SSSR count). The molecule has 0 aromatic heterocycles. The summed E-state index contributed by atoms with van der Waals surface area (Å²) in [6, 6.07) is 12.0. The average molecular weight is 351 g/mol. The number of rotatable bonds is 3. The Morgan fingerprint density at radius 2 is 1.74 bits per heavy atom. The van der Waals surface area contributed by atoms with Crippen molar-refractivity contribution in [3.63, 3.8) is 0 Å². The summed E-state index contributed by atoms with van der Waals surface area (Å²) in [7, 11) is 0. The van der Waals surface area contributed by atoms with E-state index in [2.05, 4.69) is 5.32 Å². The molecule has 0 aliphatic rings. The number of benzene rings is 2. The van der Waals surface area contributed by atoms with Crippen LogP contribution in [0.3, 0.4) is 0 Å². The van der Waals surface area contributed by atoms with Gasteiger partial charge in [0.15, 0.2) is 0 Å². The van der Waals surface area contributed by atoms with Crippen LogP contribution in [0, 0.1) is 6.92 Å². The number of anilines is 2. The Morgan fingerprint density at radius 1 is 1.09 bits per heavy atom. The maximum atomic E-state index is 12.4. The van der Waals surface area contributed by atoms with Crippen LogP contribution in [0.2, 0.25) is 10.0 Å². The van der Waals surface area contributed by atoms with Crippen molar-refractivity contribution in [1.29, 1.82) is 0 Å². The molecule has 0 spiro atoms. The van der Waals surface area contributed by atoms with Crippen LogP contribution in [0.5, 0.6) is 0 Å². The SMILES string of the molecule is CCN(C(=O)C(=O)Nc1cc(Cl)cc(Cl)c1)c1cccc(C)c1. The molecule has 0 saturated heterocycles. The zero-order chi connectivity index (χ0) is 17.0. The van der Waals surface area contributed by atoms with Crippen molar-refractivity contribution in [2.45, 2.75) is 13.8 Å². The molecule has 2 amide bonds. The number of amides is 2. The zero-order valence-corrected chi connectivity index (χ0v) is 14.3. The summed E-state index contributed by atoms with van der Waals surface area (Å²) >= 11 is 11.8. The first-order valence-electron chi connectivity index (χ1n) is 7.06. The fourth-order valence-electron chi connectivity index (χ4n) is 2.17. The molecule has 0 fully saturated rings. The number of halogens is 2. The molecular formula is C17H16Cl2N2O2. The number of nitrogens with zero attached hydrogens (tertiary/aromatic N) is 1. The average Bonchev–Trinajstić information content (AvgIpc) is 2.46. The van der Waals surface area contributed by atoms with Crippen molar-refractivity contribution in [3.8, 4) is 0 Å². The lowest BCUT2D eigenvalue weighted by Gasteiger charge is -2.20. The van der Waals surface area contributed by atoms with E-state index in [9.17, 15) is 9.59 Å². The predicted octanol–water partition coefficient (Wildman–Crippen LogP) is 4.29. The Bertz CT molecular complexity index is 727. The van der Waals surface area contributed by atoms with Gasteiger partial charge in [0.2, 0.25) is 0 Å². The van der Waals surface area contributed by atoms with Crippen molar-refractivity contribution in [2.75, 3.05) is 16.8 Å². The first-order valence-corrected chi connectivity index (χ1v) is 7.82. The normalized spacial score (nSPS) is 10.3. The van der Waals surface area contributed by atoms with Gasteiger partial charge in [0.25, 0.3) is 0 Å². The molecule has 2 aromatic carbocycles. The minimum atomic E-state index is -0.744. The van der Waals surface area contributed by atoms with Crippen LogP contribution in [0.15, 0.2) is 42.5 Å². The van der Waals surface area contributed by atoms with Crippen LogP contribution in [-0.4, -0.2) is 18.4 Å². The molecule has 4 nitrogen and oxygen atoms in total. The number of aryl methyl sites for hydroxylation is 1. The number of hydrogen-bond donors (Lipinski definition) is 1. The Morgan fingerprint density at radius 3 is 2.30 bits per heavy atom. The topological polar surface area (TPSA) is 49.4 Å². The number of likely N-dealkylation sites (N-methyl/N-ethyl adjacent to an activating group) is 1. The fraction of sp³-hybridized carbons (Fsp3) is 0.176. The van der Waals surface area contributed by atoms with Crippen LogP contribution in [0.4, 0.5) is 11.4 Å². The van der Waals surface area contributed by atoms with Crippen LogP contribution in [-0.2, 0) is 9.59 Å². The molecule has 6 heteroatoms. The van der Waals surface area contributed by atoms with Crippen LogP contribution in [0.1, 0.15) is 12.5 Å². The molecule has 0 atom stereocenters. The highest BCUT2D eigenvalue weighted by Crippen LogP contribution is 2.23. The van der Waals surface area contributed by atoms with Gasteiger partial charge in [0.05, 0.1) is 0 Å². The summed E-state index contributed by atoms with van der Waals surface area (Å²) in [5, 5.41) is 3.29. The van der Waals surface area contributed by atoms with Crippen LogP contribution in [0.25, 0.3) is 0 Å². The summed E-state index contributed by atoms with van der Waals surface area (Å²) in [4.78, 5) is 26.0. The molecule has 0 unspecified atom stereocenters. The van der Waals surface area contributed by atoms with Gasteiger partial charge in [-0.3, -0.25) is 9.59 Å². The van der Waals surface area contributed by atoms with E-state index in [1.165, 1.54) is 17.0 Å². The summed E-state index contributed by atoms with van der Waals surface area (Å²) < 4.78 is 0. The van der Waals surface area contributed by atoms with Gasteiger partial charge >= 0.3 is 11.8 Å². The van der Waals surface area contributed by atoms with Gasteiger partial charge in [-0.1, -0.05) is 35.3 Å². The van der Waals surface area contributed by atoms with Gasteiger partial charge in [-0.2, -0.15) is 0 Å². The van der Waals surface area contributed by atoms with Gasteiger partial charge in [-0.25, -0.2) is 0 Å². The van der Waals surface area contributed by atoms with E-state index in [0.29, 0.717) is 28.0 Å². The fourth-order valence-corrected chi connectivity index (χ4v) is 2.70. The Hall–Kier alpha value is -2.04. The van der Waals surface area contributed by atoms with Gasteiger partial charge in [-0.15, -0.1) is 0 Å². The molecule has 23 heavy (non-hydrogen) atoms. The number of carbonyl (C=O) groups excluding carboxylic acids is 2. The van der Waals surface area contributed by atoms with Gasteiger partial charge in [0.1, 0.15) is 0 Å². The van der Waals surface area contributed by atoms with E-state index in [-0.39, 0.29) is 0 Å². The summed E-state index contributed by atoms with van der Waals surface area (Å²) in [6.45, 7) is 4.12. The van der Waals surface area contributed by atoms with Crippen molar-refractivity contribution >= 4 is 46.4 Å². The summed E-state index contributed by atoms with van der Waals surface area (Å²) in [5.41, 5.74) is 2.06. The maximum Gasteiger partial charge on any atom is 0.316 e. The van der Waals surface area contributed by atoms with Crippen molar-refractivity contribution in [2.24, 2.45) is 0 Å². The molecule has 0 bridgehead atoms. The lowest BCUT2D eigenvalue weighted by atomic mass is 10.2. The zero-order valence-electron chi connectivity index (χ0n) is 12.8. The van der Waals surface area contributed by atoms with Gasteiger partial charge < -0.3 is 10.2 Å². The largest absolute Gasteiger partial charge is 0.318 e. The first-order chi connectivity index (χ1) is 10.9. The molecule has 0 heterocycles.